The van der Waals surface area contributed by atoms with Crippen molar-refractivity contribution in [3.63, 3.8) is 0 Å². The fourth-order valence-corrected chi connectivity index (χ4v) is 2.80. The van der Waals surface area contributed by atoms with Gasteiger partial charge in [-0.1, -0.05) is 18.2 Å². The summed E-state index contributed by atoms with van der Waals surface area (Å²) < 4.78 is 2.29. The smallest absolute Gasteiger partial charge is 0.226 e. The second-order valence-corrected chi connectivity index (χ2v) is 5.91. The first kappa shape index (κ1) is 15.3. The van der Waals surface area contributed by atoms with Gasteiger partial charge in [0.15, 0.2) is 0 Å². The lowest BCUT2D eigenvalue weighted by Gasteiger charge is -2.08. The molecule has 0 aliphatic heterocycles. The largest absolute Gasteiger partial charge is 0.345 e. The summed E-state index contributed by atoms with van der Waals surface area (Å²) in [6, 6.07) is 8.85. The second-order valence-electron chi connectivity index (χ2n) is 5.91. The number of rotatable bonds is 6. The van der Waals surface area contributed by atoms with E-state index in [4.69, 9.17) is 0 Å². The number of para-hydroxylation sites is 1. The maximum atomic E-state index is 11.9. The van der Waals surface area contributed by atoms with E-state index in [-0.39, 0.29) is 5.91 Å². The monoisotopic (exact) mass is 311 g/mol. The molecule has 6 nitrogen and oxygen atoms in total. The fourth-order valence-electron chi connectivity index (χ4n) is 2.80. The maximum absolute atomic E-state index is 11.9. The molecular weight excluding hydrogens is 290 g/mol. The van der Waals surface area contributed by atoms with Crippen LogP contribution in [-0.2, 0) is 11.2 Å². The third-order valence-electron chi connectivity index (χ3n) is 3.90. The Morgan fingerprint density at radius 2 is 2.17 bits per heavy atom. The molecule has 0 radical (unpaired) electrons. The van der Waals surface area contributed by atoms with Crippen LogP contribution >= 0.6 is 0 Å². The number of aromatic nitrogens is 4. The average Bonchev–Trinajstić information content (AvgIpc) is 3.15. The Morgan fingerprint density at radius 3 is 2.91 bits per heavy atom. The number of aryl methyl sites for hydroxylation is 1. The first-order chi connectivity index (χ1) is 11.1. The standard InChI is InChI=1S/C17H21N5O/c1-12(2)22-10-13(14-7-3-4-8-15(14)22)6-5-9-16(23)20-17-18-11-19-21-17/h3-4,7-8,10-12H,5-6,9H2,1-2H3,(H2,18,19,20,21,23). The zero-order valence-corrected chi connectivity index (χ0v) is 13.4. The van der Waals surface area contributed by atoms with E-state index in [1.807, 2.05) is 0 Å². The lowest BCUT2D eigenvalue weighted by Crippen LogP contribution is -2.12. The van der Waals surface area contributed by atoms with E-state index >= 15 is 0 Å². The van der Waals surface area contributed by atoms with Crippen LogP contribution < -0.4 is 5.32 Å². The molecule has 6 heteroatoms. The summed E-state index contributed by atoms with van der Waals surface area (Å²) >= 11 is 0. The highest BCUT2D eigenvalue weighted by molar-refractivity contribution is 5.89. The van der Waals surface area contributed by atoms with Crippen molar-refractivity contribution in [1.82, 2.24) is 19.7 Å². The fraction of sp³-hybridized carbons (Fsp3) is 0.353. The van der Waals surface area contributed by atoms with Crippen LogP contribution in [0.25, 0.3) is 10.9 Å². The number of nitrogens with zero attached hydrogens (tertiary/aromatic N) is 3. The molecule has 0 bridgehead atoms. The van der Waals surface area contributed by atoms with Gasteiger partial charge in [0.1, 0.15) is 6.33 Å². The minimum absolute atomic E-state index is 0.0469. The quantitative estimate of drug-likeness (QED) is 0.733. The van der Waals surface area contributed by atoms with Gasteiger partial charge in [0.2, 0.25) is 11.9 Å². The number of anilines is 1. The Balaban J connectivity index is 1.64. The van der Waals surface area contributed by atoms with Gasteiger partial charge in [-0.15, -0.1) is 0 Å². The lowest BCUT2D eigenvalue weighted by atomic mass is 10.1. The molecule has 0 atom stereocenters. The summed E-state index contributed by atoms with van der Waals surface area (Å²) in [7, 11) is 0. The van der Waals surface area contributed by atoms with Crippen molar-refractivity contribution >= 4 is 22.8 Å². The summed E-state index contributed by atoms with van der Waals surface area (Å²) in [5, 5.41) is 10.3. The minimum atomic E-state index is -0.0469. The molecule has 1 aromatic carbocycles. The van der Waals surface area contributed by atoms with Gasteiger partial charge in [0, 0.05) is 29.6 Å². The zero-order valence-electron chi connectivity index (χ0n) is 13.4. The van der Waals surface area contributed by atoms with Gasteiger partial charge in [-0.25, -0.2) is 5.10 Å². The maximum Gasteiger partial charge on any atom is 0.226 e. The van der Waals surface area contributed by atoms with Gasteiger partial charge < -0.3 is 4.57 Å². The summed E-state index contributed by atoms with van der Waals surface area (Å²) in [6.07, 6.45) is 5.72. The zero-order chi connectivity index (χ0) is 16.2. The number of amides is 1. The molecule has 3 aromatic rings. The Kier molecular flexibility index (Phi) is 4.41. The first-order valence-electron chi connectivity index (χ1n) is 7.89. The van der Waals surface area contributed by atoms with E-state index in [2.05, 4.69) is 69.4 Å². The number of carbonyl (C=O) groups is 1. The van der Waals surface area contributed by atoms with Crippen LogP contribution in [0.2, 0.25) is 0 Å². The number of hydrogen-bond donors (Lipinski definition) is 2. The molecule has 1 amide bonds. The predicted molar refractivity (Wildman–Crippen MR) is 90.3 cm³/mol. The van der Waals surface area contributed by atoms with Gasteiger partial charge >= 0.3 is 0 Å². The number of benzene rings is 1. The summed E-state index contributed by atoms with van der Waals surface area (Å²) in [6.45, 7) is 4.36. The average molecular weight is 311 g/mol. The van der Waals surface area contributed by atoms with Crippen molar-refractivity contribution in [3.05, 3.63) is 42.4 Å². The van der Waals surface area contributed by atoms with Crippen molar-refractivity contribution in [2.45, 2.75) is 39.2 Å². The highest BCUT2D eigenvalue weighted by Crippen LogP contribution is 2.25. The van der Waals surface area contributed by atoms with Crippen LogP contribution in [-0.4, -0.2) is 25.7 Å². The third kappa shape index (κ3) is 3.41. The molecule has 0 unspecified atom stereocenters. The molecule has 2 N–H and O–H groups in total. The molecule has 3 rings (SSSR count). The number of H-pyrrole nitrogens is 1. The molecule has 0 saturated heterocycles. The SMILES string of the molecule is CC(C)n1cc(CCCC(=O)Nc2ncn[nH]2)c2ccccc21. The van der Waals surface area contributed by atoms with E-state index in [9.17, 15) is 4.79 Å². The van der Waals surface area contributed by atoms with Gasteiger partial charge in [-0.05, 0) is 38.3 Å². The van der Waals surface area contributed by atoms with Crippen LogP contribution in [0.5, 0.6) is 0 Å². The van der Waals surface area contributed by atoms with Gasteiger partial charge in [0.25, 0.3) is 0 Å². The Hall–Kier alpha value is -2.63. The highest BCUT2D eigenvalue weighted by Gasteiger charge is 2.11. The Morgan fingerprint density at radius 1 is 1.35 bits per heavy atom. The van der Waals surface area contributed by atoms with Crippen molar-refractivity contribution in [2.75, 3.05) is 5.32 Å². The topological polar surface area (TPSA) is 75.6 Å². The van der Waals surface area contributed by atoms with E-state index in [0.717, 1.165) is 12.8 Å². The van der Waals surface area contributed by atoms with Gasteiger partial charge in [-0.2, -0.15) is 10.1 Å². The molecular formula is C17H21N5O. The molecule has 2 heterocycles. The van der Waals surface area contributed by atoms with Crippen LogP contribution in [0.4, 0.5) is 5.95 Å². The summed E-state index contributed by atoms with van der Waals surface area (Å²) in [5.74, 6) is 0.348. The molecule has 2 aromatic heterocycles. The normalized spacial score (nSPS) is 11.3. The Labute approximate surface area is 134 Å². The van der Waals surface area contributed by atoms with Crippen LogP contribution in [0.3, 0.4) is 0 Å². The summed E-state index contributed by atoms with van der Waals surface area (Å²) in [5.41, 5.74) is 2.55. The van der Waals surface area contributed by atoms with Gasteiger partial charge in [0.05, 0.1) is 0 Å². The van der Waals surface area contributed by atoms with E-state index in [1.165, 1.54) is 22.8 Å². The second kappa shape index (κ2) is 6.64. The number of nitrogens with one attached hydrogen (secondary N) is 2. The van der Waals surface area contributed by atoms with E-state index in [0.29, 0.717) is 18.4 Å². The minimum Gasteiger partial charge on any atom is -0.345 e. The number of carbonyl (C=O) groups excluding carboxylic acids is 1. The van der Waals surface area contributed by atoms with Crippen molar-refractivity contribution in [1.29, 1.82) is 0 Å². The van der Waals surface area contributed by atoms with E-state index < -0.39 is 0 Å². The van der Waals surface area contributed by atoms with Crippen LogP contribution in [0.1, 0.15) is 38.3 Å². The third-order valence-corrected chi connectivity index (χ3v) is 3.90. The molecule has 0 fully saturated rings. The predicted octanol–water partition coefficient (Wildman–Crippen LogP) is 3.30. The molecule has 23 heavy (non-hydrogen) atoms. The molecule has 0 aliphatic carbocycles. The highest BCUT2D eigenvalue weighted by atomic mass is 16.1. The first-order valence-corrected chi connectivity index (χ1v) is 7.89. The lowest BCUT2D eigenvalue weighted by molar-refractivity contribution is -0.116. The van der Waals surface area contributed by atoms with Crippen molar-refractivity contribution in [3.8, 4) is 0 Å². The summed E-state index contributed by atoms with van der Waals surface area (Å²) in [4.78, 5) is 15.8. The van der Waals surface area contributed by atoms with Gasteiger partial charge in [-0.3, -0.25) is 10.1 Å². The molecule has 0 spiro atoms. The molecule has 0 aliphatic rings. The van der Waals surface area contributed by atoms with Crippen LogP contribution in [0, 0.1) is 0 Å². The number of hydrogen-bond acceptors (Lipinski definition) is 3. The van der Waals surface area contributed by atoms with Crippen molar-refractivity contribution < 1.29 is 4.79 Å². The van der Waals surface area contributed by atoms with Crippen LogP contribution in [0.15, 0.2) is 36.8 Å². The number of fused-ring (bicyclic) bond motifs is 1. The Bertz CT molecular complexity index is 789. The molecule has 120 valence electrons. The van der Waals surface area contributed by atoms with E-state index in [1.54, 1.807) is 0 Å². The number of aromatic amines is 1. The molecule has 0 saturated carbocycles. The van der Waals surface area contributed by atoms with Crippen molar-refractivity contribution in [2.24, 2.45) is 0 Å².